The average Bonchev–Trinajstić information content (AvgIpc) is 3.00. The van der Waals surface area contributed by atoms with Crippen LogP contribution in [0.15, 0.2) is 35.7 Å². The fourth-order valence-electron chi connectivity index (χ4n) is 2.59. The zero-order chi connectivity index (χ0) is 14.3. The first kappa shape index (κ1) is 13.5. The molecule has 0 fully saturated rings. The topological polar surface area (TPSA) is 43.8 Å². The van der Waals surface area contributed by atoms with E-state index in [2.05, 4.69) is 40.9 Å². The molecule has 1 atom stereocenters. The first-order valence-corrected chi connectivity index (χ1v) is 7.80. The number of nitrogens with zero attached hydrogens (tertiary/aromatic N) is 2. The summed E-state index contributed by atoms with van der Waals surface area (Å²) in [5, 5.41) is 2.79. The molecule has 2 aromatic heterocycles. The fraction of sp³-hybridized carbons (Fsp3) is 0.267. The Kier molecular flexibility index (Phi) is 3.44. The molecule has 3 nitrogen and oxygen atoms in total. The minimum absolute atomic E-state index is 0.179. The van der Waals surface area contributed by atoms with Crippen molar-refractivity contribution in [3.8, 4) is 0 Å². The first-order valence-electron chi connectivity index (χ1n) is 6.54. The number of imidazole rings is 1. The summed E-state index contributed by atoms with van der Waals surface area (Å²) in [7, 11) is 0. The Hall–Kier alpha value is -1.52. The lowest BCUT2D eigenvalue weighted by atomic mass is 10.0. The van der Waals surface area contributed by atoms with Crippen LogP contribution in [0.2, 0.25) is 5.02 Å². The molecule has 3 aromatic rings. The number of hydrogen-bond acceptors (Lipinski definition) is 3. The van der Waals surface area contributed by atoms with Gasteiger partial charge in [0.25, 0.3) is 0 Å². The number of rotatable bonds is 3. The zero-order valence-corrected chi connectivity index (χ0v) is 12.9. The van der Waals surface area contributed by atoms with Gasteiger partial charge in [-0.3, -0.25) is 0 Å². The number of nitrogen functional groups attached to an aromatic ring is 1. The molecule has 0 aliphatic carbocycles. The number of halogens is 1. The summed E-state index contributed by atoms with van der Waals surface area (Å²) in [6.07, 6.45) is 0. The van der Waals surface area contributed by atoms with Gasteiger partial charge in [0.1, 0.15) is 0 Å². The second-order valence-electron chi connectivity index (χ2n) is 5.18. The highest BCUT2D eigenvalue weighted by molar-refractivity contribution is 7.10. The van der Waals surface area contributed by atoms with Gasteiger partial charge in [-0.05, 0) is 35.6 Å². The van der Waals surface area contributed by atoms with Crippen molar-refractivity contribution in [3.63, 3.8) is 0 Å². The quantitative estimate of drug-likeness (QED) is 0.769. The molecule has 0 radical (unpaired) electrons. The molecule has 0 aliphatic rings. The maximum absolute atomic E-state index is 6.16. The van der Waals surface area contributed by atoms with E-state index in [0.29, 0.717) is 16.9 Å². The van der Waals surface area contributed by atoms with E-state index in [9.17, 15) is 0 Å². The van der Waals surface area contributed by atoms with Crippen LogP contribution < -0.4 is 5.73 Å². The zero-order valence-electron chi connectivity index (χ0n) is 11.4. The lowest BCUT2D eigenvalue weighted by Crippen LogP contribution is -2.17. The third kappa shape index (κ3) is 2.19. The smallest absolute Gasteiger partial charge is 0.201 e. The van der Waals surface area contributed by atoms with Gasteiger partial charge in [0, 0.05) is 9.90 Å². The minimum Gasteiger partial charge on any atom is -0.369 e. The average molecular weight is 306 g/mol. The lowest BCUT2D eigenvalue weighted by Gasteiger charge is -2.23. The van der Waals surface area contributed by atoms with Crippen LogP contribution >= 0.6 is 22.9 Å². The minimum atomic E-state index is 0.179. The molecule has 2 heterocycles. The summed E-state index contributed by atoms with van der Waals surface area (Å²) in [6, 6.07) is 10.1. The van der Waals surface area contributed by atoms with E-state index in [1.807, 2.05) is 18.2 Å². The number of hydrogen-bond donors (Lipinski definition) is 1. The van der Waals surface area contributed by atoms with Gasteiger partial charge in [0.2, 0.25) is 5.95 Å². The van der Waals surface area contributed by atoms with Crippen molar-refractivity contribution in [3.05, 3.63) is 45.6 Å². The van der Waals surface area contributed by atoms with Gasteiger partial charge in [0.15, 0.2) is 0 Å². The van der Waals surface area contributed by atoms with Crippen LogP contribution in [0.25, 0.3) is 11.0 Å². The number of thiophene rings is 1. The predicted octanol–water partition coefficient (Wildman–Crippen LogP) is 4.58. The Morgan fingerprint density at radius 2 is 2.10 bits per heavy atom. The van der Waals surface area contributed by atoms with E-state index in [4.69, 9.17) is 17.3 Å². The van der Waals surface area contributed by atoms with E-state index in [1.165, 1.54) is 4.88 Å². The van der Waals surface area contributed by atoms with Crippen LogP contribution in [-0.4, -0.2) is 9.55 Å². The number of anilines is 1. The highest BCUT2D eigenvalue weighted by Gasteiger charge is 2.23. The highest BCUT2D eigenvalue weighted by Crippen LogP contribution is 2.35. The third-order valence-electron chi connectivity index (χ3n) is 3.42. The summed E-state index contributed by atoms with van der Waals surface area (Å²) < 4.78 is 2.09. The second kappa shape index (κ2) is 5.11. The summed E-state index contributed by atoms with van der Waals surface area (Å²) in [5.41, 5.74) is 8.03. The number of fused-ring (bicyclic) bond motifs is 1. The second-order valence-corrected chi connectivity index (χ2v) is 6.59. The maximum atomic E-state index is 6.16. The molecular formula is C15H16ClN3S. The van der Waals surface area contributed by atoms with Crippen molar-refractivity contribution >= 4 is 39.9 Å². The lowest BCUT2D eigenvalue weighted by molar-refractivity contribution is 0.457. The summed E-state index contributed by atoms with van der Waals surface area (Å²) in [4.78, 5) is 5.74. The van der Waals surface area contributed by atoms with Crippen molar-refractivity contribution in [2.24, 2.45) is 5.92 Å². The Bertz CT molecular complexity index is 731. The summed E-state index contributed by atoms with van der Waals surface area (Å²) in [5.74, 6) is 0.946. The molecule has 20 heavy (non-hydrogen) atoms. The predicted molar refractivity (Wildman–Crippen MR) is 86.5 cm³/mol. The molecule has 5 heteroatoms. The maximum Gasteiger partial charge on any atom is 0.201 e. The molecule has 0 saturated carbocycles. The Labute approximate surface area is 127 Å². The normalized spacial score (nSPS) is 13.2. The van der Waals surface area contributed by atoms with Gasteiger partial charge < -0.3 is 10.3 Å². The van der Waals surface area contributed by atoms with Gasteiger partial charge in [-0.25, -0.2) is 4.98 Å². The largest absolute Gasteiger partial charge is 0.369 e. The number of nitrogens with two attached hydrogens (primary N) is 1. The van der Waals surface area contributed by atoms with Crippen molar-refractivity contribution in [1.82, 2.24) is 9.55 Å². The molecule has 0 bridgehead atoms. The molecule has 104 valence electrons. The van der Waals surface area contributed by atoms with Crippen LogP contribution in [0, 0.1) is 5.92 Å². The van der Waals surface area contributed by atoms with E-state index in [0.717, 1.165) is 11.0 Å². The molecule has 1 unspecified atom stereocenters. The molecule has 0 saturated heterocycles. The molecule has 0 aliphatic heterocycles. The van der Waals surface area contributed by atoms with Crippen LogP contribution in [0.3, 0.4) is 0 Å². The van der Waals surface area contributed by atoms with Gasteiger partial charge in [0.05, 0.1) is 17.1 Å². The van der Waals surface area contributed by atoms with E-state index < -0.39 is 0 Å². The van der Waals surface area contributed by atoms with Crippen molar-refractivity contribution in [1.29, 1.82) is 0 Å². The van der Waals surface area contributed by atoms with Gasteiger partial charge in [-0.2, -0.15) is 0 Å². The third-order valence-corrected chi connectivity index (χ3v) is 4.60. The van der Waals surface area contributed by atoms with Gasteiger partial charge in [-0.15, -0.1) is 11.3 Å². The number of aromatic nitrogens is 2. The Morgan fingerprint density at radius 1 is 1.30 bits per heavy atom. The van der Waals surface area contributed by atoms with Crippen molar-refractivity contribution in [2.45, 2.75) is 19.9 Å². The molecule has 2 N–H and O–H groups in total. The number of benzene rings is 1. The van der Waals surface area contributed by atoms with E-state index in [-0.39, 0.29) is 6.04 Å². The Morgan fingerprint density at radius 3 is 2.75 bits per heavy atom. The first-order chi connectivity index (χ1) is 9.58. The van der Waals surface area contributed by atoms with Gasteiger partial charge in [-0.1, -0.05) is 31.5 Å². The molecule has 0 spiro atoms. The van der Waals surface area contributed by atoms with E-state index >= 15 is 0 Å². The van der Waals surface area contributed by atoms with Crippen molar-refractivity contribution in [2.75, 3.05) is 5.73 Å². The van der Waals surface area contributed by atoms with Crippen molar-refractivity contribution < 1.29 is 0 Å². The SMILES string of the molecule is CC(C)C(c1cccs1)n1c(N)nc2ccc(Cl)cc21. The van der Waals surface area contributed by atoms with Crippen LogP contribution in [-0.2, 0) is 0 Å². The Balaban J connectivity index is 2.25. The van der Waals surface area contributed by atoms with Gasteiger partial charge >= 0.3 is 0 Å². The van der Waals surface area contributed by atoms with Crippen LogP contribution in [0.5, 0.6) is 0 Å². The fourth-order valence-corrected chi connectivity index (χ4v) is 3.75. The standard InChI is InChI=1S/C15H16ClN3S/c1-9(2)14(13-4-3-7-20-13)19-12-8-10(16)5-6-11(12)18-15(19)17/h3-9,14H,1-2H3,(H2,17,18). The summed E-state index contributed by atoms with van der Waals surface area (Å²) >= 11 is 7.87. The monoisotopic (exact) mass is 305 g/mol. The van der Waals surface area contributed by atoms with Crippen LogP contribution in [0.1, 0.15) is 24.8 Å². The highest BCUT2D eigenvalue weighted by atomic mass is 35.5. The van der Waals surface area contributed by atoms with Crippen LogP contribution in [0.4, 0.5) is 5.95 Å². The molecular weight excluding hydrogens is 290 g/mol. The molecule has 3 rings (SSSR count). The van der Waals surface area contributed by atoms with E-state index in [1.54, 1.807) is 11.3 Å². The molecule has 0 amide bonds. The molecule has 1 aromatic carbocycles. The summed E-state index contributed by atoms with van der Waals surface area (Å²) in [6.45, 7) is 4.39.